The van der Waals surface area contributed by atoms with Gasteiger partial charge in [-0.2, -0.15) is 5.10 Å². The van der Waals surface area contributed by atoms with Crippen LogP contribution in [0.5, 0.6) is 0 Å². The molecule has 7 nitrogen and oxygen atoms in total. The predicted molar refractivity (Wildman–Crippen MR) is 90.3 cm³/mol. The summed E-state index contributed by atoms with van der Waals surface area (Å²) in [6.45, 7) is 0. The lowest BCUT2D eigenvalue weighted by atomic mass is 9.84. The zero-order valence-electron chi connectivity index (χ0n) is 13.6. The average molecular weight is 341 g/mol. The molecule has 7 heteroatoms. The smallest absolute Gasteiger partial charge is 0.326 e. The van der Waals surface area contributed by atoms with Crippen molar-refractivity contribution in [3.05, 3.63) is 40.2 Å². The topological polar surface area (TPSA) is 103 Å². The number of nitrogens with zero attached hydrogens (tertiary/aromatic N) is 2. The Morgan fingerprint density at radius 2 is 1.96 bits per heavy atom. The van der Waals surface area contributed by atoms with E-state index in [2.05, 4.69) is 10.2 Å². The predicted octanol–water partition coefficient (Wildman–Crippen LogP) is 1.78. The van der Waals surface area contributed by atoms with Gasteiger partial charge in [-0.05, 0) is 37.3 Å². The van der Waals surface area contributed by atoms with Crippen LogP contribution in [0.15, 0.2) is 29.1 Å². The first-order valence-electron chi connectivity index (χ1n) is 8.61. The van der Waals surface area contributed by atoms with Gasteiger partial charge in [-0.15, -0.1) is 0 Å². The molecule has 1 aromatic heterocycles. The number of carboxylic acids is 1. The molecular weight excluding hydrogens is 322 g/mol. The van der Waals surface area contributed by atoms with E-state index in [0.29, 0.717) is 17.3 Å². The molecular formula is C18H19N3O4. The zero-order chi connectivity index (χ0) is 17.6. The Morgan fingerprint density at radius 3 is 2.76 bits per heavy atom. The molecule has 2 heterocycles. The molecule has 25 heavy (non-hydrogen) atoms. The molecule has 1 saturated heterocycles. The summed E-state index contributed by atoms with van der Waals surface area (Å²) in [6, 6.07) is 5.84. The van der Waals surface area contributed by atoms with Crippen LogP contribution in [0.2, 0.25) is 0 Å². The Morgan fingerprint density at radius 1 is 1.20 bits per heavy atom. The van der Waals surface area contributed by atoms with Crippen molar-refractivity contribution in [1.82, 2.24) is 15.1 Å². The number of hydrogen-bond acceptors (Lipinski definition) is 4. The van der Waals surface area contributed by atoms with Crippen molar-refractivity contribution in [1.29, 1.82) is 0 Å². The van der Waals surface area contributed by atoms with Gasteiger partial charge in [-0.1, -0.05) is 25.0 Å². The molecule has 1 aliphatic carbocycles. The van der Waals surface area contributed by atoms with Gasteiger partial charge in [-0.3, -0.25) is 14.7 Å². The number of rotatable bonds is 2. The first-order valence-corrected chi connectivity index (χ1v) is 8.61. The second kappa shape index (κ2) is 5.98. The third kappa shape index (κ3) is 2.50. The van der Waals surface area contributed by atoms with E-state index in [1.165, 1.54) is 4.90 Å². The van der Waals surface area contributed by atoms with E-state index in [0.717, 1.165) is 25.7 Å². The Kier molecular flexibility index (Phi) is 3.78. The Labute approximate surface area is 143 Å². The van der Waals surface area contributed by atoms with Crippen LogP contribution in [0.3, 0.4) is 0 Å². The third-order valence-corrected chi connectivity index (χ3v) is 5.49. The molecule has 0 spiro atoms. The lowest BCUT2D eigenvalue weighted by Gasteiger charge is -2.32. The van der Waals surface area contributed by atoms with Gasteiger partial charge in [0, 0.05) is 11.4 Å². The first kappa shape index (κ1) is 15.8. The lowest BCUT2D eigenvalue weighted by Crippen LogP contribution is -2.47. The summed E-state index contributed by atoms with van der Waals surface area (Å²) < 4.78 is 0. The second-order valence-electron chi connectivity index (χ2n) is 6.86. The molecule has 3 atom stereocenters. The van der Waals surface area contributed by atoms with Crippen LogP contribution in [-0.2, 0) is 4.79 Å². The molecule has 130 valence electrons. The molecule has 2 fully saturated rings. The van der Waals surface area contributed by atoms with E-state index in [-0.39, 0.29) is 17.7 Å². The number of hydrogen-bond donors (Lipinski definition) is 2. The summed E-state index contributed by atoms with van der Waals surface area (Å²) in [4.78, 5) is 38.8. The Bertz CT molecular complexity index is 907. The van der Waals surface area contributed by atoms with E-state index in [9.17, 15) is 19.5 Å². The quantitative estimate of drug-likeness (QED) is 0.866. The number of nitrogens with one attached hydrogen (secondary N) is 1. The van der Waals surface area contributed by atoms with E-state index in [4.69, 9.17) is 0 Å². The van der Waals surface area contributed by atoms with Gasteiger partial charge in [0.25, 0.3) is 5.91 Å². The molecule has 2 aliphatic rings. The number of aromatic amines is 1. The molecule has 0 radical (unpaired) electrons. The molecule has 0 bridgehead atoms. The van der Waals surface area contributed by atoms with Crippen LogP contribution < -0.4 is 5.43 Å². The minimum atomic E-state index is -1.01. The number of carboxylic acid groups (broad SMARTS) is 1. The Hall–Kier alpha value is -2.70. The van der Waals surface area contributed by atoms with Crippen molar-refractivity contribution in [3.8, 4) is 0 Å². The highest BCUT2D eigenvalue weighted by atomic mass is 16.4. The fourth-order valence-corrected chi connectivity index (χ4v) is 4.31. The maximum atomic E-state index is 13.1. The fourth-order valence-electron chi connectivity index (χ4n) is 4.31. The number of amides is 1. The highest BCUT2D eigenvalue weighted by Crippen LogP contribution is 2.40. The molecule has 1 aromatic carbocycles. The van der Waals surface area contributed by atoms with E-state index >= 15 is 0 Å². The maximum Gasteiger partial charge on any atom is 0.326 e. The SMILES string of the molecule is O=C(O)[C@@H]1C[C@H]2CCCC[C@@H]2N1C(=O)c1n[nH]c2ccccc2c1=O. The number of fused-ring (bicyclic) bond motifs is 2. The van der Waals surface area contributed by atoms with Crippen LogP contribution in [0, 0.1) is 5.92 Å². The lowest BCUT2D eigenvalue weighted by molar-refractivity contribution is -0.141. The van der Waals surface area contributed by atoms with Crippen LogP contribution in [0.1, 0.15) is 42.6 Å². The van der Waals surface area contributed by atoms with Crippen molar-refractivity contribution in [2.45, 2.75) is 44.2 Å². The van der Waals surface area contributed by atoms with Gasteiger partial charge in [0.2, 0.25) is 5.43 Å². The third-order valence-electron chi connectivity index (χ3n) is 5.49. The summed E-state index contributed by atoms with van der Waals surface area (Å²) in [5.74, 6) is -1.40. The minimum absolute atomic E-state index is 0.116. The number of carbonyl (C=O) groups is 2. The highest BCUT2D eigenvalue weighted by molar-refractivity contribution is 5.97. The minimum Gasteiger partial charge on any atom is -0.480 e. The monoisotopic (exact) mass is 341 g/mol. The van der Waals surface area contributed by atoms with Crippen molar-refractivity contribution in [2.75, 3.05) is 0 Å². The summed E-state index contributed by atoms with van der Waals surface area (Å²) >= 11 is 0. The molecule has 1 amide bonds. The van der Waals surface area contributed by atoms with E-state index < -0.39 is 23.3 Å². The number of likely N-dealkylation sites (tertiary alicyclic amines) is 1. The van der Waals surface area contributed by atoms with Crippen LogP contribution in [-0.4, -0.2) is 44.2 Å². The number of carbonyl (C=O) groups excluding carboxylic acids is 1. The van der Waals surface area contributed by atoms with E-state index in [1.807, 2.05) is 0 Å². The maximum absolute atomic E-state index is 13.1. The normalized spacial score (nSPS) is 25.8. The van der Waals surface area contributed by atoms with Crippen molar-refractivity contribution < 1.29 is 14.7 Å². The van der Waals surface area contributed by atoms with Crippen LogP contribution >= 0.6 is 0 Å². The molecule has 0 unspecified atom stereocenters. The second-order valence-corrected chi connectivity index (χ2v) is 6.86. The van der Waals surface area contributed by atoms with Gasteiger partial charge >= 0.3 is 5.97 Å². The summed E-state index contributed by atoms with van der Waals surface area (Å²) in [5.41, 5.74) is -0.130. The number of H-pyrrole nitrogens is 1. The number of aliphatic carboxylic acids is 1. The molecule has 2 aromatic rings. The van der Waals surface area contributed by atoms with Crippen molar-refractivity contribution in [2.24, 2.45) is 5.92 Å². The fraction of sp³-hybridized carbons (Fsp3) is 0.444. The van der Waals surface area contributed by atoms with Crippen LogP contribution in [0.25, 0.3) is 10.9 Å². The zero-order valence-corrected chi connectivity index (χ0v) is 13.6. The average Bonchev–Trinajstić information content (AvgIpc) is 3.01. The van der Waals surface area contributed by atoms with Gasteiger partial charge in [0.15, 0.2) is 5.69 Å². The number of para-hydroxylation sites is 1. The van der Waals surface area contributed by atoms with E-state index in [1.54, 1.807) is 24.3 Å². The first-order chi connectivity index (χ1) is 12.1. The van der Waals surface area contributed by atoms with Gasteiger partial charge in [0.1, 0.15) is 6.04 Å². The molecule has 1 saturated carbocycles. The van der Waals surface area contributed by atoms with Crippen molar-refractivity contribution >= 4 is 22.8 Å². The largest absolute Gasteiger partial charge is 0.480 e. The summed E-state index contributed by atoms with van der Waals surface area (Å²) in [6.07, 6.45) is 4.20. The van der Waals surface area contributed by atoms with Crippen LogP contribution in [0.4, 0.5) is 0 Å². The highest BCUT2D eigenvalue weighted by Gasteiger charge is 2.48. The van der Waals surface area contributed by atoms with Gasteiger partial charge < -0.3 is 10.0 Å². The standard InChI is InChI=1S/C18H19N3O4/c22-16-11-6-2-3-7-12(11)19-20-15(16)17(23)21-13-8-4-1-5-10(13)9-14(21)18(24)25/h2-3,6-7,10,13-14H,1,4-5,8-9H2,(H,19,22)(H,24,25)/t10-,13+,14+/m1/s1. The van der Waals surface area contributed by atoms with Crippen molar-refractivity contribution in [3.63, 3.8) is 0 Å². The van der Waals surface area contributed by atoms with Gasteiger partial charge in [-0.25, -0.2) is 4.79 Å². The number of benzene rings is 1. The Balaban J connectivity index is 1.77. The molecule has 1 aliphatic heterocycles. The van der Waals surface area contributed by atoms with Gasteiger partial charge in [0.05, 0.1) is 5.52 Å². The summed E-state index contributed by atoms with van der Waals surface area (Å²) in [7, 11) is 0. The molecule has 2 N–H and O–H groups in total. The molecule has 4 rings (SSSR count). The summed E-state index contributed by atoms with van der Waals surface area (Å²) in [5, 5.41) is 16.6. The number of aromatic nitrogens is 2.